The molecule has 0 aromatic rings. The van der Waals surface area contributed by atoms with Gasteiger partial charge in [0.1, 0.15) is 12.6 Å². The highest BCUT2D eigenvalue weighted by molar-refractivity contribution is 5.86. The maximum atomic E-state index is 12.0. The second-order valence-corrected chi connectivity index (χ2v) is 4.87. The molecule has 0 aliphatic heterocycles. The number of carboxylic acids is 1. The summed E-state index contributed by atoms with van der Waals surface area (Å²) in [5.41, 5.74) is 0. The first-order chi connectivity index (χ1) is 9.31. The standard InChI is InChI=1S/C13H25N3O4/c1-5-7-10(12(18)19)15-13(20)16(6-2)8-11(17)14-9(3)4/h9-10H,5-8H2,1-4H3,(H,14,17)(H,15,20)(H,18,19)/t10-/m1/s1. The molecule has 0 heterocycles. The minimum absolute atomic E-state index is 0.00359. The fraction of sp³-hybridized carbons (Fsp3) is 0.769. The monoisotopic (exact) mass is 287 g/mol. The molecular formula is C13H25N3O4. The maximum Gasteiger partial charge on any atom is 0.326 e. The third kappa shape index (κ3) is 6.96. The van der Waals surface area contributed by atoms with E-state index in [1.807, 2.05) is 20.8 Å². The Balaban J connectivity index is 4.53. The number of amides is 3. The zero-order valence-electron chi connectivity index (χ0n) is 12.6. The summed E-state index contributed by atoms with van der Waals surface area (Å²) in [6, 6.07) is -1.46. The van der Waals surface area contributed by atoms with Gasteiger partial charge >= 0.3 is 12.0 Å². The molecule has 0 unspecified atom stereocenters. The van der Waals surface area contributed by atoms with E-state index >= 15 is 0 Å². The van der Waals surface area contributed by atoms with Crippen molar-refractivity contribution in [3.05, 3.63) is 0 Å². The third-order valence-electron chi connectivity index (χ3n) is 2.63. The molecule has 20 heavy (non-hydrogen) atoms. The number of nitrogens with zero attached hydrogens (tertiary/aromatic N) is 1. The lowest BCUT2D eigenvalue weighted by Crippen LogP contribution is -2.51. The summed E-state index contributed by atoms with van der Waals surface area (Å²) in [6.07, 6.45) is 1.01. The summed E-state index contributed by atoms with van der Waals surface area (Å²) in [6.45, 7) is 7.48. The predicted molar refractivity (Wildman–Crippen MR) is 75.4 cm³/mol. The second-order valence-electron chi connectivity index (χ2n) is 4.87. The van der Waals surface area contributed by atoms with E-state index in [1.54, 1.807) is 6.92 Å². The lowest BCUT2D eigenvalue weighted by atomic mass is 10.2. The molecule has 0 saturated carbocycles. The normalized spacial score (nSPS) is 11.8. The van der Waals surface area contributed by atoms with E-state index < -0.39 is 18.0 Å². The number of urea groups is 1. The van der Waals surface area contributed by atoms with Gasteiger partial charge in [-0.1, -0.05) is 13.3 Å². The molecular weight excluding hydrogens is 262 g/mol. The summed E-state index contributed by atoms with van der Waals surface area (Å²) in [4.78, 5) is 35.9. The molecule has 0 saturated heterocycles. The maximum absolute atomic E-state index is 12.0. The van der Waals surface area contributed by atoms with E-state index in [2.05, 4.69) is 10.6 Å². The fourth-order valence-corrected chi connectivity index (χ4v) is 1.65. The first kappa shape index (κ1) is 18.2. The molecule has 7 nitrogen and oxygen atoms in total. The summed E-state index contributed by atoms with van der Waals surface area (Å²) in [7, 11) is 0. The van der Waals surface area contributed by atoms with Gasteiger partial charge in [-0.15, -0.1) is 0 Å². The van der Waals surface area contributed by atoms with Crippen molar-refractivity contribution in [2.45, 2.75) is 52.6 Å². The smallest absolute Gasteiger partial charge is 0.326 e. The highest BCUT2D eigenvalue weighted by atomic mass is 16.4. The highest BCUT2D eigenvalue weighted by Crippen LogP contribution is 1.99. The molecule has 116 valence electrons. The van der Waals surface area contributed by atoms with Crippen LogP contribution in [0.1, 0.15) is 40.5 Å². The quantitative estimate of drug-likeness (QED) is 0.615. The van der Waals surface area contributed by atoms with Gasteiger partial charge in [0, 0.05) is 12.6 Å². The first-order valence-corrected chi connectivity index (χ1v) is 6.89. The Hall–Kier alpha value is -1.79. The molecule has 0 spiro atoms. The third-order valence-corrected chi connectivity index (χ3v) is 2.63. The zero-order chi connectivity index (χ0) is 15.7. The van der Waals surface area contributed by atoms with Crippen LogP contribution in [-0.4, -0.2) is 53.1 Å². The van der Waals surface area contributed by atoms with Crippen LogP contribution in [0.5, 0.6) is 0 Å². The molecule has 3 amide bonds. The number of aliphatic carboxylic acids is 1. The van der Waals surface area contributed by atoms with Gasteiger partial charge in [-0.3, -0.25) is 4.79 Å². The Bertz CT molecular complexity index is 345. The molecule has 0 bridgehead atoms. The van der Waals surface area contributed by atoms with Gasteiger partial charge in [-0.05, 0) is 27.2 Å². The lowest BCUT2D eigenvalue weighted by Gasteiger charge is -2.23. The van der Waals surface area contributed by atoms with Crippen LogP contribution in [0.25, 0.3) is 0 Å². The Morgan fingerprint density at radius 3 is 2.15 bits per heavy atom. The molecule has 0 radical (unpaired) electrons. The molecule has 3 N–H and O–H groups in total. The van der Waals surface area contributed by atoms with Crippen LogP contribution in [0.15, 0.2) is 0 Å². The van der Waals surface area contributed by atoms with E-state index in [9.17, 15) is 14.4 Å². The molecule has 0 aromatic heterocycles. The number of rotatable bonds is 8. The molecule has 1 atom stereocenters. The zero-order valence-corrected chi connectivity index (χ0v) is 12.6. The molecule has 7 heteroatoms. The van der Waals surface area contributed by atoms with E-state index in [-0.39, 0.29) is 18.5 Å². The summed E-state index contributed by atoms with van der Waals surface area (Å²) < 4.78 is 0. The Labute approximate surface area is 119 Å². The predicted octanol–water partition coefficient (Wildman–Crippen LogP) is 0.796. The Morgan fingerprint density at radius 1 is 1.15 bits per heavy atom. The van der Waals surface area contributed by atoms with Crippen LogP contribution >= 0.6 is 0 Å². The second kappa shape index (κ2) is 9.17. The molecule has 0 aliphatic carbocycles. The van der Waals surface area contributed by atoms with Gasteiger partial charge in [0.05, 0.1) is 0 Å². The Morgan fingerprint density at radius 2 is 1.75 bits per heavy atom. The molecule has 0 aromatic carbocycles. The van der Waals surface area contributed by atoms with Gasteiger partial charge in [0.2, 0.25) is 5.91 Å². The number of carboxylic acid groups (broad SMARTS) is 1. The number of hydrogen-bond donors (Lipinski definition) is 3. The van der Waals surface area contributed by atoms with Crippen LogP contribution in [0, 0.1) is 0 Å². The van der Waals surface area contributed by atoms with Gasteiger partial charge in [0.15, 0.2) is 0 Å². The van der Waals surface area contributed by atoms with Crippen LogP contribution < -0.4 is 10.6 Å². The van der Waals surface area contributed by atoms with Gasteiger partial charge in [0.25, 0.3) is 0 Å². The number of carbonyl (C=O) groups excluding carboxylic acids is 2. The highest BCUT2D eigenvalue weighted by Gasteiger charge is 2.23. The van der Waals surface area contributed by atoms with Crippen molar-refractivity contribution in [3.8, 4) is 0 Å². The van der Waals surface area contributed by atoms with Crippen molar-refractivity contribution >= 4 is 17.9 Å². The van der Waals surface area contributed by atoms with Gasteiger partial charge in [-0.25, -0.2) is 9.59 Å². The van der Waals surface area contributed by atoms with E-state index in [1.165, 1.54) is 4.90 Å². The Kier molecular flexibility index (Phi) is 8.35. The van der Waals surface area contributed by atoms with Crippen LogP contribution in [0.2, 0.25) is 0 Å². The van der Waals surface area contributed by atoms with E-state index in [0.717, 1.165) is 0 Å². The minimum Gasteiger partial charge on any atom is -0.480 e. The average molecular weight is 287 g/mol. The number of carbonyl (C=O) groups is 3. The topological polar surface area (TPSA) is 98.7 Å². The summed E-state index contributed by atoms with van der Waals surface area (Å²) >= 11 is 0. The number of nitrogens with one attached hydrogen (secondary N) is 2. The minimum atomic E-state index is -1.07. The van der Waals surface area contributed by atoms with Crippen molar-refractivity contribution in [2.75, 3.05) is 13.1 Å². The number of hydrogen-bond acceptors (Lipinski definition) is 3. The van der Waals surface area contributed by atoms with Crippen molar-refractivity contribution in [2.24, 2.45) is 0 Å². The van der Waals surface area contributed by atoms with Crippen LogP contribution in [-0.2, 0) is 9.59 Å². The SMILES string of the molecule is CCC[C@@H](NC(=O)N(CC)CC(=O)NC(C)C)C(=O)O. The number of likely N-dealkylation sites (N-methyl/N-ethyl adjacent to an activating group) is 1. The van der Waals surface area contributed by atoms with E-state index in [0.29, 0.717) is 19.4 Å². The first-order valence-electron chi connectivity index (χ1n) is 6.89. The summed E-state index contributed by atoms with van der Waals surface area (Å²) in [5, 5.41) is 14.1. The lowest BCUT2D eigenvalue weighted by molar-refractivity contribution is -0.139. The van der Waals surface area contributed by atoms with Gasteiger partial charge in [-0.2, -0.15) is 0 Å². The van der Waals surface area contributed by atoms with Gasteiger partial charge < -0.3 is 20.6 Å². The average Bonchev–Trinajstić information content (AvgIpc) is 2.34. The molecule has 0 rings (SSSR count). The van der Waals surface area contributed by atoms with Crippen molar-refractivity contribution in [3.63, 3.8) is 0 Å². The fourth-order valence-electron chi connectivity index (χ4n) is 1.65. The molecule has 0 fully saturated rings. The molecule has 0 aliphatic rings. The largest absolute Gasteiger partial charge is 0.480 e. The van der Waals surface area contributed by atoms with Crippen molar-refractivity contribution < 1.29 is 19.5 Å². The van der Waals surface area contributed by atoms with Crippen molar-refractivity contribution in [1.29, 1.82) is 0 Å². The van der Waals surface area contributed by atoms with Crippen LogP contribution in [0.4, 0.5) is 4.79 Å². The van der Waals surface area contributed by atoms with E-state index in [4.69, 9.17) is 5.11 Å². The van der Waals surface area contributed by atoms with Crippen molar-refractivity contribution in [1.82, 2.24) is 15.5 Å². The summed E-state index contributed by atoms with van der Waals surface area (Å²) in [5.74, 6) is -1.33. The van der Waals surface area contributed by atoms with Crippen LogP contribution in [0.3, 0.4) is 0 Å².